The highest BCUT2D eigenvalue weighted by atomic mass is 19.4. The minimum atomic E-state index is -4.62. The number of hydrogen-bond acceptors (Lipinski definition) is 3. The number of aliphatic carboxylic acids is 1. The Hall–Kier alpha value is -2.23. The molecule has 1 aromatic carbocycles. The summed E-state index contributed by atoms with van der Waals surface area (Å²) in [6.07, 6.45) is -4.80. The molecular weight excluding hydrogens is 261 g/mol. The molecule has 7 heteroatoms. The normalized spacial score (nSPS) is 10.9. The average molecular weight is 272 g/mol. The highest BCUT2D eigenvalue weighted by molar-refractivity contribution is 5.67. The number of halogens is 3. The lowest BCUT2D eigenvalue weighted by Gasteiger charge is -2.20. The predicted molar refractivity (Wildman–Crippen MR) is 61.7 cm³/mol. The van der Waals surface area contributed by atoms with Crippen molar-refractivity contribution in [1.29, 1.82) is 5.26 Å². The quantitative estimate of drug-likeness (QED) is 0.914. The van der Waals surface area contributed by atoms with Gasteiger partial charge in [-0.15, -0.1) is 0 Å². The second-order valence-electron chi connectivity index (χ2n) is 3.90. The molecule has 19 heavy (non-hydrogen) atoms. The maximum Gasteiger partial charge on any atom is 0.417 e. The first-order valence-corrected chi connectivity index (χ1v) is 5.30. The topological polar surface area (TPSA) is 64.3 Å². The molecule has 0 aliphatic carbocycles. The van der Waals surface area contributed by atoms with Crippen molar-refractivity contribution in [3.63, 3.8) is 0 Å². The number of alkyl halides is 3. The largest absolute Gasteiger partial charge is 0.481 e. The van der Waals surface area contributed by atoms with Gasteiger partial charge in [-0.3, -0.25) is 4.79 Å². The highest BCUT2D eigenvalue weighted by Gasteiger charge is 2.34. The summed E-state index contributed by atoms with van der Waals surface area (Å²) in [6, 6.07) is 4.77. The number of carboxylic acids is 1. The molecule has 102 valence electrons. The van der Waals surface area contributed by atoms with E-state index in [4.69, 9.17) is 10.4 Å². The van der Waals surface area contributed by atoms with E-state index in [1.165, 1.54) is 24.1 Å². The summed E-state index contributed by atoms with van der Waals surface area (Å²) in [7, 11) is 1.49. The molecule has 0 heterocycles. The Labute approximate surface area is 107 Å². The predicted octanol–water partition coefficient (Wildman–Crippen LogP) is 2.49. The average Bonchev–Trinajstić information content (AvgIpc) is 2.34. The van der Waals surface area contributed by atoms with Crippen molar-refractivity contribution in [2.24, 2.45) is 0 Å². The number of nitriles is 1. The summed E-state index contributed by atoms with van der Waals surface area (Å²) >= 11 is 0. The van der Waals surface area contributed by atoms with Crippen molar-refractivity contribution in [2.75, 3.05) is 18.5 Å². The van der Waals surface area contributed by atoms with E-state index < -0.39 is 23.3 Å². The molecule has 0 fully saturated rings. The van der Waals surface area contributed by atoms with Crippen molar-refractivity contribution < 1.29 is 23.1 Å². The summed E-state index contributed by atoms with van der Waals surface area (Å²) in [5.41, 5.74) is -1.26. The fourth-order valence-corrected chi connectivity index (χ4v) is 1.49. The Bertz CT molecular complexity index is 521. The molecule has 0 bridgehead atoms. The molecule has 0 amide bonds. The maximum absolute atomic E-state index is 12.7. The van der Waals surface area contributed by atoms with Crippen LogP contribution in [0.15, 0.2) is 18.2 Å². The lowest BCUT2D eigenvalue weighted by atomic mass is 10.1. The second-order valence-corrected chi connectivity index (χ2v) is 3.90. The van der Waals surface area contributed by atoms with Gasteiger partial charge in [-0.1, -0.05) is 0 Å². The first-order chi connectivity index (χ1) is 8.75. The van der Waals surface area contributed by atoms with Gasteiger partial charge in [0.05, 0.1) is 23.6 Å². The molecule has 0 radical (unpaired) electrons. The SMILES string of the molecule is CN(CCC(=O)O)c1ccc(C#N)c(C(F)(F)F)c1. The van der Waals surface area contributed by atoms with Crippen LogP contribution in [0.3, 0.4) is 0 Å². The molecule has 0 saturated carbocycles. The van der Waals surface area contributed by atoms with Crippen LogP contribution in [0.5, 0.6) is 0 Å². The third-order valence-corrected chi connectivity index (χ3v) is 2.53. The van der Waals surface area contributed by atoms with Gasteiger partial charge in [-0.2, -0.15) is 18.4 Å². The van der Waals surface area contributed by atoms with Crippen molar-refractivity contribution in [3.8, 4) is 6.07 Å². The molecule has 1 rings (SSSR count). The standard InChI is InChI=1S/C12H11F3N2O2/c1-17(5-4-11(18)19)9-3-2-8(7-16)10(6-9)12(13,14)15/h2-3,6H,4-5H2,1H3,(H,18,19). The smallest absolute Gasteiger partial charge is 0.417 e. The van der Waals surface area contributed by atoms with E-state index in [0.717, 1.165) is 12.1 Å². The van der Waals surface area contributed by atoms with Crippen molar-refractivity contribution >= 4 is 11.7 Å². The van der Waals surface area contributed by atoms with Crippen LogP contribution in [0.1, 0.15) is 17.5 Å². The van der Waals surface area contributed by atoms with E-state index in [-0.39, 0.29) is 18.7 Å². The summed E-state index contributed by atoms with van der Waals surface area (Å²) in [5.74, 6) is -1.03. The van der Waals surface area contributed by atoms with Crippen LogP contribution in [0.4, 0.5) is 18.9 Å². The van der Waals surface area contributed by atoms with E-state index in [9.17, 15) is 18.0 Å². The Kier molecular flexibility index (Phi) is 4.38. The van der Waals surface area contributed by atoms with E-state index in [2.05, 4.69) is 0 Å². The van der Waals surface area contributed by atoms with Gasteiger partial charge < -0.3 is 10.0 Å². The van der Waals surface area contributed by atoms with Crippen LogP contribution in [0, 0.1) is 11.3 Å². The molecule has 0 spiro atoms. The highest BCUT2D eigenvalue weighted by Crippen LogP contribution is 2.34. The number of carbonyl (C=O) groups is 1. The van der Waals surface area contributed by atoms with Gasteiger partial charge in [-0.05, 0) is 18.2 Å². The summed E-state index contributed by atoms with van der Waals surface area (Å²) < 4.78 is 38.2. The number of nitrogens with zero attached hydrogens (tertiary/aromatic N) is 2. The lowest BCUT2D eigenvalue weighted by Crippen LogP contribution is -2.21. The third kappa shape index (κ3) is 3.88. The van der Waals surface area contributed by atoms with E-state index in [1.807, 2.05) is 0 Å². The van der Waals surface area contributed by atoms with E-state index in [1.54, 1.807) is 0 Å². The molecule has 1 aromatic rings. The second kappa shape index (κ2) is 5.61. The van der Waals surface area contributed by atoms with Crippen LogP contribution in [0.2, 0.25) is 0 Å². The Balaban J connectivity index is 3.05. The molecule has 0 saturated heterocycles. The molecule has 0 aromatic heterocycles. The van der Waals surface area contributed by atoms with Crippen LogP contribution < -0.4 is 4.90 Å². The molecule has 0 aliphatic rings. The summed E-state index contributed by atoms with van der Waals surface area (Å²) in [6.45, 7) is 0.0819. The van der Waals surface area contributed by atoms with Gasteiger partial charge in [0.25, 0.3) is 0 Å². The first kappa shape index (κ1) is 14.8. The summed E-state index contributed by atoms with van der Waals surface area (Å²) in [5, 5.41) is 17.2. The zero-order valence-electron chi connectivity index (χ0n) is 10.0. The van der Waals surface area contributed by atoms with E-state index >= 15 is 0 Å². The van der Waals surface area contributed by atoms with Crippen LogP contribution in [-0.2, 0) is 11.0 Å². The molecule has 1 N–H and O–H groups in total. The number of benzene rings is 1. The number of hydrogen-bond donors (Lipinski definition) is 1. The van der Waals surface area contributed by atoms with Crippen LogP contribution >= 0.6 is 0 Å². The lowest BCUT2D eigenvalue weighted by molar-refractivity contribution is -0.138. The molecular formula is C12H11F3N2O2. The fraction of sp³-hybridized carbons (Fsp3) is 0.333. The van der Waals surface area contributed by atoms with Gasteiger partial charge in [0.1, 0.15) is 0 Å². The first-order valence-electron chi connectivity index (χ1n) is 5.30. The van der Waals surface area contributed by atoms with Gasteiger partial charge in [0.2, 0.25) is 0 Å². The fourth-order valence-electron chi connectivity index (χ4n) is 1.49. The number of rotatable bonds is 4. The number of anilines is 1. The number of carboxylic acid groups (broad SMARTS) is 1. The van der Waals surface area contributed by atoms with Gasteiger partial charge >= 0.3 is 12.1 Å². The third-order valence-electron chi connectivity index (χ3n) is 2.53. The monoisotopic (exact) mass is 272 g/mol. The minimum absolute atomic E-state index is 0.0819. The van der Waals surface area contributed by atoms with Crippen LogP contribution in [-0.4, -0.2) is 24.7 Å². The zero-order chi connectivity index (χ0) is 14.6. The van der Waals surface area contributed by atoms with E-state index in [0.29, 0.717) is 0 Å². The van der Waals surface area contributed by atoms with Gasteiger partial charge in [-0.25, -0.2) is 0 Å². The Morgan fingerprint density at radius 1 is 1.47 bits per heavy atom. The summed E-state index contributed by atoms with van der Waals surface area (Å²) in [4.78, 5) is 11.8. The maximum atomic E-state index is 12.7. The molecule has 0 atom stereocenters. The Morgan fingerprint density at radius 2 is 2.11 bits per heavy atom. The van der Waals surface area contributed by atoms with Crippen LogP contribution in [0.25, 0.3) is 0 Å². The minimum Gasteiger partial charge on any atom is -0.481 e. The van der Waals surface area contributed by atoms with Crippen molar-refractivity contribution in [2.45, 2.75) is 12.6 Å². The van der Waals surface area contributed by atoms with Crippen molar-refractivity contribution in [3.05, 3.63) is 29.3 Å². The Morgan fingerprint density at radius 3 is 2.58 bits per heavy atom. The molecule has 0 aliphatic heterocycles. The molecule has 0 unspecified atom stereocenters. The van der Waals surface area contributed by atoms with Crippen molar-refractivity contribution in [1.82, 2.24) is 0 Å². The molecule has 4 nitrogen and oxygen atoms in total. The van der Waals surface area contributed by atoms with Gasteiger partial charge in [0.15, 0.2) is 0 Å². The zero-order valence-corrected chi connectivity index (χ0v) is 10.0. The van der Waals surface area contributed by atoms with Gasteiger partial charge in [0, 0.05) is 19.3 Å².